The molecule has 58 heavy (non-hydrogen) atoms. The molecule has 5 aromatic rings. The first-order valence-electron chi connectivity index (χ1n) is 19.2. The summed E-state index contributed by atoms with van der Waals surface area (Å²) in [5.41, 5.74) is 6.73. The molecule has 11 nitrogen and oxygen atoms in total. The van der Waals surface area contributed by atoms with Crippen molar-refractivity contribution in [2.75, 3.05) is 11.1 Å². The molecule has 2 saturated heterocycles. The van der Waals surface area contributed by atoms with E-state index in [0.29, 0.717) is 5.75 Å². The second-order valence-corrected chi connectivity index (χ2v) is 15.5. The molecule has 2 heterocycles. The third-order valence-corrected chi connectivity index (χ3v) is 11.3. The molecule has 0 aliphatic carbocycles. The lowest BCUT2D eigenvalue weighted by Crippen LogP contribution is -2.41. The van der Waals surface area contributed by atoms with Crippen LogP contribution in [0.1, 0.15) is 60.5 Å². The van der Waals surface area contributed by atoms with Crippen molar-refractivity contribution in [3.05, 3.63) is 155 Å². The third-order valence-electron chi connectivity index (χ3n) is 10.2. The standard InChI is InChI=1S/C46H45N3O8S/c1-29-41(28-58-39-20-18-38(19-21-39)47-30(2)51)56-45(57-43(29)34-16-14-31(26-50)15-17-34)37-13-7-12-36(23-37)35-11-6-10-33(22-35)25-49-42(52)24-40(44(49)53)48-46(54)55-27-32-8-4-3-5-9-32/h3-23,29,40-41,43,45,50H,24-28H2,1-2H3,(H,47,51)(H,48,54)/t29-,40?,41+,43+,45+/m0/s1. The number of amides is 4. The second kappa shape index (κ2) is 18.6. The van der Waals surface area contributed by atoms with Gasteiger partial charge in [0.1, 0.15) is 12.6 Å². The minimum atomic E-state index is -0.997. The molecule has 5 aromatic carbocycles. The van der Waals surface area contributed by atoms with Crippen molar-refractivity contribution in [1.29, 1.82) is 0 Å². The maximum absolute atomic E-state index is 13.3. The Bertz CT molecular complexity index is 2230. The number of thioether (sulfide) groups is 1. The summed E-state index contributed by atoms with van der Waals surface area (Å²) in [7, 11) is 0. The van der Waals surface area contributed by atoms with Crippen LogP contribution in [0.5, 0.6) is 0 Å². The fourth-order valence-electron chi connectivity index (χ4n) is 7.09. The van der Waals surface area contributed by atoms with Crippen LogP contribution in [0.2, 0.25) is 0 Å². The van der Waals surface area contributed by atoms with E-state index in [9.17, 15) is 24.3 Å². The maximum atomic E-state index is 13.3. The van der Waals surface area contributed by atoms with E-state index >= 15 is 0 Å². The predicted octanol–water partition coefficient (Wildman–Crippen LogP) is 7.94. The van der Waals surface area contributed by atoms with Crippen LogP contribution in [0.25, 0.3) is 11.1 Å². The highest BCUT2D eigenvalue weighted by molar-refractivity contribution is 7.99. The smallest absolute Gasteiger partial charge is 0.408 e. The summed E-state index contributed by atoms with van der Waals surface area (Å²) in [5.74, 6) is -0.323. The highest BCUT2D eigenvalue weighted by Crippen LogP contribution is 2.43. The van der Waals surface area contributed by atoms with Crippen LogP contribution >= 0.6 is 11.8 Å². The van der Waals surface area contributed by atoms with Crippen LogP contribution in [0, 0.1) is 5.92 Å². The van der Waals surface area contributed by atoms with E-state index in [2.05, 4.69) is 17.6 Å². The van der Waals surface area contributed by atoms with Gasteiger partial charge in [0, 0.05) is 34.7 Å². The van der Waals surface area contributed by atoms with Gasteiger partial charge in [0.15, 0.2) is 6.29 Å². The van der Waals surface area contributed by atoms with Crippen LogP contribution in [0.4, 0.5) is 10.5 Å². The minimum absolute atomic E-state index is 0.00650. The fourth-order valence-corrected chi connectivity index (χ4v) is 8.16. The van der Waals surface area contributed by atoms with Gasteiger partial charge in [0.05, 0.1) is 31.8 Å². The molecule has 0 spiro atoms. The summed E-state index contributed by atoms with van der Waals surface area (Å²) in [5, 5.41) is 15.0. The number of rotatable bonds is 13. The van der Waals surface area contributed by atoms with E-state index in [4.69, 9.17) is 14.2 Å². The fraction of sp³-hybridized carbons (Fsp3) is 0.261. The molecule has 7 rings (SSSR count). The van der Waals surface area contributed by atoms with Gasteiger partial charge in [-0.2, -0.15) is 0 Å². The van der Waals surface area contributed by atoms with Crippen LogP contribution in [0.3, 0.4) is 0 Å². The van der Waals surface area contributed by atoms with E-state index in [1.165, 1.54) is 11.8 Å². The van der Waals surface area contributed by atoms with Gasteiger partial charge in [0.25, 0.3) is 5.91 Å². The minimum Gasteiger partial charge on any atom is -0.445 e. The number of aliphatic hydroxyl groups is 1. The highest BCUT2D eigenvalue weighted by Gasteiger charge is 2.40. The Labute approximate surface area is 341 Å². The zero-order valence-corrected chi connectivity index (χ0v) is 33.0. The number of likely N-dealkylation sites (tertiary alicyclic amines) is 1. The summed E-state index contributed by atoms with van der Waals surface area (Å²) >= 11 is 1.67. The van der Waals surface area contributed by atoms with E-state index in [-0.39, 0.29) is 56.1 Å². The first-order valence-corrected chi connectivity index (χ1v) is 20.1. The molecular formula is C46H45N3O8S. The average Bonchev–Trinajstić information content (AvgIpc) is 3.50. The predicted molar refractivity (Wildman–Crippen MR) is 220 cm³/mol. The summed E-state index contributed by atoms with van der Waals surface area (Å²) in [6.45, 7) is 3.67. The van der Waals surface area contributed by atoms with Crippen LogP contribution < -0.4 is 10.6 Å². The SMILES string of the molecule is CC(=O)Nc1ccc(SC[C@H]2O[C@@H](c3cccc(-c4cccc(CN5C(=O)CC(NC(=O)OCc6ccccc6)C5=O)c4)c3)O[C@@H](c3ccc(CO)cc3)[C@H]2C)cc1. The van der Waals surface area contributed by atoms with Crippen LogP contribution in [-0.4, -0.2) is 51.7 Å². The maximum Gasteiger partial charge on any atom is 0.408 e. The van der Waals surface area contributed by atoms with Gasteiger partial charge in [0.2, 0.25) is 11.8 Å². The monoisotopic (exact) mass is 799 g/mol. The van der Waals surface area contributed by atoms with Crippen LogP contribution in [-0.2, 0) is 48.4 Å². The second-order valence-electron chi connectivity index (χ2n) is 14.4. The first kappa shape index (κ1) is 40.4. The zero-order chi connectivity index (χ0) is 40.6. The number of carbonyl (C=O) groups is 4. The van der Waals surface area contributed by atoms with Gasteiger partial charge in [-0.1, -0.05) is 97.9 Å². The molecule has 1 unspecified atom stereocenters. The van der Waals surface area contributed by atoms with Gasteiger partial charge in [-0.05, 0) is 69.8 Å². The number of carbonyl (C=O) groups excluding carboxylic acids is 4. The molecule has 0 saturated carbocycles. The van der Waals surface area contributed by atoms with Crippen molar-refractivity contribution in [3.63, 3.8) is 0 Å². The molecule has 2 aliphatic rings. The summed E-state index contributed by atoms with van der Waals surface area (Å²) < 4.78 is 18.7. The lowest BCUT2D eigenvalue weighted by atomic mass is 9.91. The van der Waals surface area contributed by atoms with E-state index in [1.54, 1.807) is 11.8 Å². The van der Waals surface area contributed by atoms with E-state index in [1.807, 2.05) is 127 Å². The number of anilines is 1. The zero-order valence-electron chi connectivity index (χ0n) is 32.2. The Morgan fingerprint density at radius 3 is 2.24 bits per heavy atom. The largest absolute Gasteiger partial charge is 0.445 e. The summed E-state index contributed by atoms with van der Waals surface area (Å²) in [4.78, 5) is 52.4. The molecule has 298 valence electrons. The van der Waals surface area contributed by atoms with Gasteiger partial charge in [-0.15, -0.1) is 11.8 Å². The van der Waals surface area contributed by atoms with Crippen molar-refractivity contribution in [2.24, 2.45) is 5.92 Å². The average molecular weight is 800 g/mol. The highest BCUT2D eigenvalue weighted by atomic mass is 32.2. The molecule has 4 amide bonds. The number of imide groups is 1. The Balaban J connectivity index is 1.04. The van der Waals surface area contributed by atoms with Crippen molar-refractivity contribution in [2.45, 2.75) is 69.5 Å². The Morgan fingerprint density at radius 2 is 1.52 bits per heavy atom. The van der Waals surface area contributed by atoms with Crippen molar-refractivity contribution in [3.8, 4) is 11.1 Å². The normalized spacial score (nSPS) is 20.5. The van der Waals surface area contributed by atoms with Crippen LogP contribution in [0.15, 0.2) is 132 Å². The van der Waals surface area contributed by atoms with Gasteiger partial charge < -0.3 is 30.0 Å². The van der Waals surface area contributed by atoms with E-state index in [0.717, 1.165) is 49.5 Å². The van der Waals surface area contributed by atoms with Crippen molar-refractivity contribution >= 4 is 41.3 Å². The molecular weight excluding hydrogens is 755 g/mol. The van der Waals surface area contributed by atoms with Gasteiger partial charge in [-0.3, -0.25) is 19.3 Å². The summed E-state index contributed by atoms with van der Waals surface area (Å²) in [6, 6.07) is 39.3. The number of nitrogens with one attached hydrogen (secondary N) is 2. The topological polar surface area (TPSA) is 144 Å². The Hall–Kier alpha value is -5.79. The number of hydrogen-bond acceptors (Lipinski definition) is 9. The number of aliphatic hydroxyl groups excluding tert-OH is 1. The lowest BCUT2D eigenvalue weighted by Gasteiger charge is -2.41. The number of benzene rings is 5. The van der Waals surface area contributed by atoms with Crippen molar-refractivity contribution < 1.29 is 38.5 Å². The Morgan fingerprint density at radius 1 is 0.810 bits per heavy atom. The molecule has 12 heteroatoms. The molecule has 2 fully saturated rings. The quantitative estimate of drug-likeness (QED) is 0.0799. The molecule has 0 aromatic heterocycles. The number of nitrogens with zero attached hydrogens (tertiary/aromatic N) is 1. The molecule has 3 N–H and O–H groups in total. The number of alkyl carbamates (subject to hydrolysis) is 1. The molecule has 5 atom stereocenters. The number of ether oxygens (including phenoxy) is 3. The third kappa shape index (κ3) is 10.0. The Kier molecular flexibility index (Phi) is 13.0. The first-order chi connectivity index (χ1) is 28.1. The number of hydrogen-bond donors (Lipinski definition) is 3. The van der Waals surface area contributed by atoms with E-state index < -0.39 is 24.3 Å². The lowest BCUT2D eigenvalue weighted by molar-refractivity contribution is -0.268. The van der Waals surface area contributed by atoms with Gasteiger partial charge in [-0.25, -0.2) is 4.79 Å². The van der Waals surface area contributed by atoms with Crippen molar-refractivity contribution in [1.82, 2.24) is 10.2 Å². The summed E-state index contributed by atoms with van der Waals surface area (Å²) in [6.07, 6.45) is -2.06. The molecule has 0 radical (unpaired) electrons. The molecule has 2 aliphatic heterocycles. The van der Waals surface area contributed by atoms with Gasteiger partial charge >= 0.3 is 6.09 Å². The molecule has 0 bridgehead atoms.